The predicted molar refractivity (Wildman–Crippen MR) is 112 cm³/mol. The molecule has 0 saturated heterocycles. The second-order valence-corrected chi connectivity index (χ2v) is 8.68. The topological polar surface area (TPSA) is 75.7 Å². The number of ether oxygens (including phenoxy) is 1. The fourth-order valence-electron chi connectivity index (χ4n) is 3.11. The van der Waals surface area contributed by atoms with E-state index in [1.54, 1.807) is 32.2 Å². The van der Waals surface area contributed by atoms with E-state index in [2.05, 4.69) is 5.32 Å². The molecule has 7 heteroatoms. The van der Waals surface area contributed by atoms with Gasteiger partial charge in [0, 0.05) is 0 Å². The number of carbonyl (C=O) groups excluding carboxylic acids is 1. The molecule has 1 N–H and O–H groups in total. The number of aryl methyl sites for hydroxylation is 1. The van der Waals surface area contributed by atoms with Crippen LogP contribution in [0.2, 0.25) is 0 Å². The van der Waals surface area contributed by atoms with Gasteiger partial charge in [0.15, 0.2) is 0 Å². The first-order valence-electron chi connectivity index (χ1n) is 9.17. The average Bonchev–Trinajstić information content (AvgIpc) is 2.64. The van der Waals surface area contributed by atoms with Crippen molar-refractivity contribution in [2.45, 2.75) is 39.3 Å². The van der Waals surface area contributed by atoms with Gasteiger partial charge in [-0.25, -0.2) is 8.42 Å². The Morgan fingerprint density at radius 3 is 2.32 bits per heavy atom. The van der Waals surface area contributed by atoms with Crippen LogP contribution < -0.4 is 14.4 Å². The van der Waals surface area contributed by atoms with Gasteiger partial charge in [-0.05, 0) is 55.7 Å². The Balaban J connectivity index is 2.28. The number of nitrogens with zero attached hydrogens (tertiary/aromatic N) is 1. The molecule has 0 aliphatic carbocycles. The summed E-state index contributed by atoms with van der Waals surface area (Å²) in [6.07, 6.45) is 1.47. The summed E-state index contributed by atoms with van der Waals surface area (Å²) in [5.74, 6) is 0.397. The molecule has 6 nitrogen and oxygen atoms in total. The van der Waals surface area contributed by atoms with Crippen LogP contribution in [0.15, 0.2) is 48.5 Å². The third-order valence-corrected chi connectivity index (χ3v) is 5.74. The summed E-state index contributed by atoms with van der Waals surface area (Å²) >= 11 is 0. The molecule has 2 aromatic carbocycles. The Bertz CT molecular complexity index is 910. The van der Waals surface area contributed by atoms with Gasteiger partial charge in [-0.2, -0.15) is 0 Å². The van der Waals surface area contributed by atoms with E-state index in [9.17, 15) is 13.2 Å². The van der Waals surface area contributed by atoms with Crippen molar-refractivity contribution >= 4 is 21.6 Å². The molecule has 2 rings (SSSR count). The van der Waals surface area contributed by atoms with Crippen LogP contribution in [-0.2, 0) is 14.8 Å². The summed E-state index contributed by atoms with van der Waals surface area (Å²) in [7, 11) is -2.05. The van der Waals surface area contributed by atoms with E-state index in [1.165, 1.54) is 4.31 Å². The molecule has 0 bridgehead atoms. The van der Waals surface area contributed by atoms with Crippen LogP contribution in [0.25, 0.3) is 0 Å². The lowest BCUT2D eigenvalue weighted by molar-refractivity contribution is -0.122. The molecular formula is C21H28N2O4S. The van der Waals surface area contributed by atoms with Gasteiger partial charge in [0.2, 0.25) is 15.9 Å². The Kier molecular flexibility index (Phi) is 7.07. The van der Waals surface area contributed by atoms with Gasteiger partial charge in [0.1, 0.15) is 11.8 Å². The van der Waals surface area contributed by atoms with Gasteiger partial charge in [-0.1, -0.05) is 31.2 Å². The highest BCUT2D eigenvalue weighted by Gasteiger charge is 2.32. The minimum Gasteiger partial charge on any atom is -0.497 e. The van der Waals surface area contributed by atoms with E-state index in [4.69, 9.17) is 4.74 Å². The maximum absolute atomic E-state index is 13.0. The quantitative estimate of drug-likeness (QED) is 0.731. The fourth-order valence-corrected chi connectivity index (χ4v) is 4.31. The molecule has 0 spiro atoms. The van der Waals surface area contributed by atoms with Gasteiger partial charge in [0.05, 0.1) is 25.1 Å². The van der Waals surface area contributed by atoms with E-state index in [0.717, 1.165) is 23.1 Å². The molecule has 1 amide bonds. The van der Waals surface area contributed by atoms with Crippen LogP contribution in [0.3, 0.4) is 0 Å². The van der Waals surface area contributed by atoms with Gasteiger partial charge < -0.3 is 10.1 Å². The van der Waals surface area contributed by atoms with Crippen molar-refractivity contribution in [3.05, 3.63) is 59.7 Å². The minimum absolute atomic E-state index is 0.272. The van der Waals surface area contributed by atoms with E-state index in [1.807, 2.05) is 44.2 Å². The number of nitrogens with one attached hydrogen (secondary N) is 1. The molecule has 0 aliphatic heterocycles. The number of hydrogen-bond donors (Lipinski definition) is 1. The summed E-state index contributed by atoms with van der Waals surface area (Å²) in [5, 5.41) is 2.94. The van der Waals surface area contributed by atoms with Gasteiger partial charge in [-0.3, -0.25) is 9.10 Å². The highest BCUT2D eigenvalue weighted by molar-refractivity contribution is 7.92. The van der Waals surface area contributed by atoms with Crippen LogP contribution in [0.5, 0.6) is 5.75 Å². The molecule has 28 heavy (non-hydrogen) atoms. The van der Waals surface area contributed by atoms with Gasteiger partial charge in [0.25, 0.3) is 0 Å². The van der Waals surface area contributed by atoms with Crippen LogP contribution in [0.4, 0.5) is 5.69 Å². The average molecular weight is 405 g/mol. The summed E-state index contributed by atoms with van der Waals surface area (Å²) in [6, 6.07) is 13.4. The number of anilines is 1. The van der Waals surface area contributed by atoms with Crippen LogP contribution >= 0.6 is 0 Å². The zero-order chi connectivity index (χ0) is 20.9. The Morgan fingerprint density at radius 1 is 1.18 bits per heavy atom. The van der Waals surface area contributed by atoms with Gasteiger partial charge in [-0.15, -0.1) is 0 Å². The van der Waals surface area contributed by atoms with E-state index in [0.29, 0.717) is 12.1 Å². The normalized spacial score (nSPS) is 13.5. The van der Waals surface area contributed by atoms with Crippen LogP contribution in [-0.4, -0.2) is 33.7 Å². The molecule has 0 heterocycles. The molecule has 0 fully saturated rings. The van der Waals surface area contributed by atoms with Crippen molar-refractivity contribution < 1.29 is 17.9 Å². The maximum atomic E-state index is 13.0. The number of sulfonamides is 1. The highest BCUT2D eigenvalue weighted by Crippen LogP contribution is 2.24. The third kappa shape index (κ3) is 5.25. The first-order chi connectivity index (χ1) is 13.2. The smallest absolute Gasteiger partial charge is 0.244 e. The van der Waals surface area contributed by atoms with Crippen molar-refractivity contribution in [2.24, 2.45) is 0 Å². The third-order valence-electron chi connectivity index (χ3n) is 4.56. The lowest BCUT2D eigenvalue weighted by atomic mass is 10.1. The minimum atomic E-state index is -3.64. The lowest BCUT2D eigenvalue weighted by Gasteiger charge is -2.31. The van der Waals surface area contributed by atoms with E-state index >= 15 is 0 Å². The number of methoxy groups -OCH3 is 1. The van der Waals surface area contributed by atoms with Crippen LogP contribution in [0.1, 0.15) is 37.4 Å². The number of amides is 1. The summed E-state index contributed by atoms with van der Waals surface area (Å²) < 4.78 is 31.4. The number of hydrogen-bond acceptors (Lipinski definition) is 4. The zero-order valence-corrected chi connectivity index (χ0v) is 17.8. The molecule has 0 unspecified atom stereocenters. The summed E-state index contributed by atoms with van der Waals surface area (Å²) in [5.41, 5.74) is 2.32. The molecule has 0 aromatic heterocycles. The Morgan fingerprint density at radius 2 is 1.82 bits per heavy atom. The summed E-state index contributed by atoms with van der Waals surface area (Å²) in [6.45, 7) is 5.55. The van der Waals surface area contributed by atoms with E-state index < -0.39 is 16.1 Å². The van der Waals surface area contributed by atoms with Crippen molar-refractivity contribution in [2.75, 3.05) is 17.7 Å². The fraction of sp³-hybridized carbons (Fsp3) is 0.381. The van der Waals surface area contributed by atoms with Crippen molar-refractivity contribution in [3.63, 3.8) is 0 Å². The van der Waals surface area contributed by atoms with Gasteiger partial charge >= 0.3 is 0 Å². The number of carbonyl (C=O) groups is 1. The zero-order valence-electron chi connectivity index (χ0n) is 17.0. The van der Waals surface area contributed by atoms with Crippen molar-refractivity contribution in [1.29, 1.82) is 0 Å². The first kappa shape index (κ1) is 21.8. The van der Waals surface area contributed by atoms with Crippen LogP contribution in [0, 0.1) is 6.92 Å². The molecule has 2 aromatic rings. The second-order valence-electron chi connectivity index (χ2n) is 6.83. The van der Waals surface area contributed by atoms with E-state index in [-0.39, 0.29) is 11.9 Å². The number of benzene rings is 2. The molecule has 0 aliphatic rings. The monoisotopic (exact) mass is 404 g/mol. The lowest BCUT2D eigenvalue weighted by Crippen LogP contribution is -2.49. The molecular weight excluding hydrogens is 376 g/mol. The largest absolute Gasteiger partial charge is 0.497 e. The SMILES string of the molecule is CC[C@H](C(=O)N[C@H](C)c1ccc(OC)cc1)N(c1cccc(C)c1)S(C)(=O)=O. The highest BCUT2D eigenvalue weighted by atomic mass is 32.2. The summed E-state index contributed by atoms with van der Waals surface area (Å²) in [4.78, 5) is 13.0. The molecule has 0 saturated carbocycles. The maximum Gasteiger partial charge on any atom is 0.244 e. The standard InChI is InChI=1S/C21H28N2O4S/c1-6-20(23(28(5,25)26)18-9-7-8-15(2)14-18)21(24)22-16(3)17-10-12-19(27-4)13-11-17/h7-14,16,20H,6H2,1-5H3,(H,22,24)/t16-,20-/m1/s1. The molecule has 152 valence electrons. The molecule has 0 radical (unpaired) electrons. The Labute approximate surface area is 167 Å². The second kappa shape index (κ2) is 9.10. The number of rotatable bonds is 8. The van der Waals surface area contributed by atoms with Crippen molar-refractivity contribution in [1.82, 2.24) is 5.32 Å². The predicted octanol–water partition coefficient (Wildman–Crippen LogP) is 3.43. The first-order valence-corrected chi connectivity index (χ1v) is 11.0. The molecule has 2 atom stereocenters. The Hall–Kier alpha value is -2.54. The van der Waals surface area contributed by atoms with Crippen molar-refractivity contribution in [3.8, 4) is 5.75 Å².